The normalized spacial score (nSPS) is 24.1. The van der Waals surface area contributed by atoms with E-state index in [-0.39, 0.29) is 56.8 Å². The molecule has 2 aromatic rings. The fourth-order valence-corrected chi connectivity index (χ4v) is 3.73. The molecular weight excluding hydrogens is 464 g/mol. The molecule has 11 heteroatoms. The maximum Gasteiger partial charge on any atom is 0.229 e. The number of phenolic OH excluding ortho intramolecular Hbond substituents is 1. The Hall–Kier alpha value is -3.22. The Morgan fingerprint density at radius 2 is 1.40 bits per heavy atom. The molecular formula is C24H28O11. The van der Waals surface area contributed by atoms with Gasteiger partial charge in [0.1, 0.15) is 24.4 Å². The largest absolute Gasteiger partial charge is 0.504 e. The first kappa shape index (κ1) is 26.4. The molecule has 2 aromatic carbocycles. The summed E-state index contributed by atoms with van der Waals surface area (Å²) in [6, 6.07) is 5.49. The summed E-state index contributed by atoms with van der Waals surface area (Å²) in [5.74, 6) is -1.14. The summed E-state index contributed by atoms with van der Waals surface area (Å²) in [4.78, 5) is 24.3. The van der Waals surface area contributed by atoms with Gasteiger partial charge in [-0.15, -0.1) is 0 Å². The highest BCUT2D eigenvalue weighted by molar-refractivity contribution is 6.00. The second-order valence-electron chi connectivity index (χ2n) is 8.06. The maximum absolute atomic E-state index is 12.2. The zero-order valence-corrected chi connectivity index (χ0v) is 19.6. The van der Waals surface area contributed by atoms with Crippen LogP contribution in [0.1, 0.15) is 34.6 Å². The van der Waals surface area contributed by atoms with Crippen molar-refractivity contribution in [2.75, 3.05) is 20.8 Å². The molecule has 1 fully saturated rings. The van der Waals surface area contributed by atoms with Gasteiger partial charge in [-0.05, 0) is 38.1 Å². The van der Waals surface area contributed by atoms with E-state index in [1.165, 1.54) is 52.3 Å². The van der Waals surface area contributed by atoms with E-state index in [1.54, 1.807) is 0 Å². The minimum atomic E-state index is -1.73. The summed E-state index contributed by atoms with van der Waals surface area (Å²) >= 11 is 0. The van der Waals surface area contributed by atoms with E-state index in [9.17, 15) is 35.1 Å². The van der Waals surface area contributed by atoms with Crippen molar-refractivity contribution in [2.45, 2.75) is 44.6 Å². The zero-order chi connectivity index (χ0) is 26.0. The predicted molar refractivity (Wildman–Crippen MR) is 121 cm³/mol. The highest BCUT2D eigenvalue weighted by atomic mass is 16.7. The number of methoxy groups -OCH3 is 2. The summed E-state index contributed by atoms with van der Waals surface area (Å²) in [5.41, 5.74) is 0.520. The smallest absolute Gasteiger partial charge is 0.229 e. The number of hydrogen-bond donors (Lipinski definition) is 5. The Bertz CT molecular complexity index is 1110. The number of aromatic hydroxyl groups is 1. The Kier molecular flexibility index (Phi) is 7.98. The van der Waals surface area contributed by atoms with Crippen LogP contribution in [-0.2, 0) is 4.74 Å². The van der Waals surface area contributed by atoms with Crippen molar-refractivity contribution in [1.29, 1.82) is 0 Å². The molecule has 1 aliphatic rings. The number of ether oxygens (including phenoxy) is 4. The number of aliphatic hydroxyl groups excluding tert-OH is 4. The molecule has 0 aromatic heterocycles. The van der Waals surface area contributed by atoms with Gasteiger partial charge in [0.05, 0.1) is 20.8 Å². The first-order chi connectivity index (χ1) is 16.5. The summed E-state index contributed by atoms with van der Waals surface area (Å²) in [6.45, 7) is 1.98. The van der Waals surface area contributed by atoms with E-state index in [0.717, 1.165) is 0 Å². The van der Waals surface area contributed by atoms with Gasteiger partial charge in [0.15, 0.2) is 34.6 Å². The lowest BCUT2D eigenvalue weighted by Gasteiger charge is -2.39. The van der Waals surface area contributed by atoms with Crippen LogP contribution in [0.2, 0.25) is 0 Å². The van der Waals surface area contributed by atoms with Gasteiger partial charge < -0.3 is 44.5 Å². The number of carbonyl (C=O) groups is 2. The quantitative estimate of drug-likeness (QED) is 0.328. The van der Waals surface area contributed by atoms with Crippen LogP contribution in [0.15, 0.2) is 24.3 Å². The number of phenols is 1. The van der Waals surface area contributed by atoms with Gasteiger partial charge in [-0.3, -0.25) is 9.59 Å². The fraction of sp³-hybridized carbons (Fsp3) is 0.417. The highest BCUT2D eigenvalue weighted by Crippen LogP contribution is 2.47. The molecule has 5 N–H and O–H groups in total. The average Bonchev–Trinajstić information content (AvgIpc) is 2.84. The number of aliphatic hydroxyl groups is 4. The molecule has 1 aliphatic heterocycles. The van der Waals surface area contributed by atoms with Crippen molar-refractivity contribution in [3.05, 3.63) is 35.4 Å². The first-order valence-corrected chi connectivity index (χ1v) is 10.7. The van der Waals surface area contributed by atoms with E-state index < -0.39 is 37.3 Å². The monoisotopic (exact) mass is 492 g/mol. The van der Waals surface area contributed by atoms with Crippen LogP contribution >= 0.6 is 0 Å². The minimum absolute atomic E-state index is 0.0104. The van der Waals surface area contributed by atoms with Crippen molar-refractivity contribution in [2.24, 2.45) is 0 Å². The maximum atomic E-state index is 12.2. The van der Waals surface area contributed by atoms with Crippen LogP contribution in [0.25, 0.3) is 11.1 Å². The van der Waals surface area contributed by atoms with Crippen molar-refractivity contribution in [3.63, 3.8) is 0 Å². The average molecular weight is 492 g/mol. The molecule has 35 heavy (non-hydrogen) atoms. The molecule has 0 amide bonds. The summed E-state index contributed by atoms with van der Waals surface area (Å²) in [6.07, 6.45) is -7.85. The second kappa shape index (κ2) is 10.6. The van der Waals surface area contributed by atoms with Gasteiger partial charge in [0.2, 0.25) is 6.29 Å². The SMILES string of the molecule is COc1cc(C(C)=O)cc(-c2cc(C(C)=O)cc(OC)c2O[C@@H]2O[C@H](CO)[C@@H](O)[C@H](O)[C@H]2O)c1O. The van der Waals surface area contributed by atoms with E-state index >= 15 is 0 Å². The fourth-order valence-electron chi connectivity index (χ4n) is 3.73. The summed E-state index contributed by atoms with van der Waals surface area (Å²) in [7, 11) is 2.61. The van der Waals surface area contributed by atoms with Gasteiger partial charge in [0, 0.05) is 22.3 Å². The number of rotatable bonds is 8. The van der Waals surface area contributed by atoms with Crippen LogP contribution in [0.4, 0.5) is 0 Å². The van der Waals surface area contributed by atoms with E-state index in [2.05, 4.69) is 0 Å². The lowest BCUT2D eigenvalue weighted by atomic mass is 9.95. The third-order valence-electron chi connectivity index (χ3n) is 5.76. The Labute approximate surface area is 201 Å². The third-order valence-corrected chi connectivity index (χ3v) is 5.76. The molecule has 1 saturated heterocycles. The number of ketones is 2. The topological polar surface area (TPSA) is 172 Å². The number of carbonyl (C=O) groups excluding carboxylic acids is 2. The minimum Gasteiger partial charge on any atom is -0.504 e. The van der Waals surface area contributed by atoms with Crippen molar-refractivity contribution >= 4 is 11.6 Å². The predicted octanol–water partition coefficient (Wildman–Crippen LogP) is 0.660. The van der Waals surface area contributed by atoms with Gasteiger partial charge in [-0.25, -0.2) is 0 Å². The zero-order valence-electron chi connectivity index (χ0n) is 19.6. The first-order valence-electron chi connectivity index (χ1n) is 10.7. The summed E-state index contributed by atoms with van der Waals surface area (Å²) < 4.78 is 21.9. The highest BCUT2D eigenvalue weighted by Gasteiger charge is 2.45. The molecule has 0 bridgehead atoms. The molecule has 0 spiro atoms. The van der Waals surface area contributed by atoms with Gasteiger partial charge in [0.25, 0.3) is 0 Å². The molecule has 0 aliphatic carbocycles. The van der Waals surface area contributed by atoms with Gasteiger partial charge in [-0.1, -0.05) is 0 Å². The standard InChI is InChI=1S/C24H28O11/c1-10(26)12-5-14(19(28)16(7-12)32-3)15-6-13(11(2)27)8-17(33-4)23(15)35-24-22(31)21(30)20(29)18(9-25)34-24/h5-8,18,20-22,24-25,28-31H,9H2,1-4H3/t18-,20-,21+,22-,24+/m1/s1. The Balaban J connectivity index is 2.25. The number of Topliss-reactive ketones (excluding diaryl/α,β-unsaturated/α-hetero) is 2. The number of benzene rings is 2. The molecule has 0 radical (unpaired) electrons. The third kappa shape index (κ3) is 5.09. The van der Waals surface area contributed by atoms with Gasteiger partial charge >= 0.3 is 0 Å². The van der Waals surface area contributed by atoms with Crippen LogP contribution in [0.5, 0.6) is 23.0 Å². The van der Waals surface area contributed by atoms with Crippen molar-refractivity contribution < 1.29 is 54.1 Å². The van der Waals surface area contributed by atoms with Crippen molar-refractivity contribution in [1.82, 2.24) is 0 Å². The second-order valence-corrected chi connectivity index (χ2v) is 8.06. The Morgan fingerprint density at radius 1 is 0.857 bits per heavy atom. The van der Waals surface area contributed by atoms with Crippen LogP contribution in [0.3, 0.4) is 0 Å². The van der Waals surface area contributed by atoms with E-state index in [0.29, 0.717) is 0 Å². The van der Waals surface area contributed by atoms with E-state index in [4.69, 9.17) is 18.9 Å². The van der Waals surface area contributed by atoms with Crippen molar-refractivity contribution in [3.8, 4) is 34.1 Å². The van der Waals surface area contributed by atoms with E-state index in [1.807, 2.05) is 0 Å². The molecule has 5 atom stereocenters. The van der Waals surface area contributed by atoms with Crippen LogP contribution in [-0.4, -0.2) is 88.6 Å². The molecule has 0 saturated carbocycles. The Morgan fingerprint density at radius 3 is 1.91 bits per heavy atom. The van der Waals surface area contributed by atoms with Crippen LogP contribution in [0, 0.1) is 0 Å². The molecule has 11 nitrogen and oxygen atoms in total. The van der Waals surface area contributed by atoms with Gasteiger partial charge in [-0.2, -0.15) is 0 Å². The molecule has 1 heterocycles. The lowest BCUT2D eigenvalue weighted by Crippen LogP contribution is -2.60. The van der Waals surface area contributed by atoms with Crippen LogP contribution < -0.4 is 14.2 Å². The molecule has 190 valence electrons. The number of hydrogen-bond acceptors (Lipinski definition) is 11. The summed E-state index contributed by atoms with van der Waals surface area (Å²) in [5, 5.41) is 51.0. The molecule has 3 rings (SSSR count). The molecule has 0 unspecified atom stereocenters. The lowest BCUT2D eigenvalue weighted by molar-refractivity contribution is -0.277.